The maximum atomic E-state index is 10.6. The second kappa shape index (κ2) is 11.7. The predicted octanol–water partition coefficient (Wildman–Crippen LogP) is 4.24. The van der Waals surface area contributed by atoms with Gasteiger partial charge < -0.3 is 23.6 Å². The second-order valence-electron chi connectivity index (χ2n) is 7.62. The average Bonchev–Trinajstić information content (AvgIpc) is 3.40. The Labute approximate surface area is 194 Å². The van der Waals surface area contributed by atoms with Crippen LogP contribution in [0.4, 0.5) is 13.2 Å². The summed E-state index contributed by atoms with van der Waals surface area (Å²) in [6, 6.07) is 12.1. The summed E-state index contributed by atoms with van der Waals surface area (Å²) in [4.78, 5) is 16.0. The van der Waals surface area contributed by atoms with Crippen molar-refractivity contribution in [3.05, 3.63) is 71.7 Å². The van der Waals surface area contributed by atoms with Crippen LogP contribution in [-0.2, 0) is 42.4 Å². The Balaban J connectivity index is 0.000000406. The molecule has 0 unspecified atom stereocenters. The van der Waals surface area contributed by atoms with Crippen LogP contribution in [0.2, 0.25) is 0 Å². The fourth-order valence-corrected chi connectivity index (χ4v) is 3.47. The zero-order chi connectivity index (χ0) is 24.6. The van der Waals surface area contributed by atoms with Gasteiger partial charge >= 0.3 is 12.1 Å². The van der Waals surface area contributed by atoms with Crippen molar-refractivity contribution in [3.8, 4) is 5.75 Å². The van der Waals surface area contributed by atoms with E-state index >= 15 is 0 Å². The molecule has 0 saturated heterocycles. The maximum absolute atomic E-state index is 10.6. The molecule has 4 rings (SSSR count). The molecule has 0 radical (unpaired) electrons. The summed E-state index contributed by atoms with van der Waals surface area (Å²) < 4.78 is 50.4. The maximum Gasteiger partial charge on any atom is 0.490 e. The largest absolute Gasteiger partial charge is 0.497 e. The molecule has 0 aliphatic carbocycles. The number of hydrogen-bond acceptors (Lipinski definition) is 6. The molecule has 0 spiro atoms. The van der Waals surface area contributed by atoms with Crippen LogP contribution in [0.25, 0.3) is 0 Å². The summed E-state index contributed by atoms with van der Waals surface area (Å²) in [5, 5.41) is 7.12. The van der Waals surface area contributed by atoms with Crippen LogP contribution in [0.3, 0.4) is 0 Å². The minimum Gasteiger partial charge on any atom is -0.497 e. The fraction of sp³-hybridized carbons (Fsp3) is 0.391. The molecule has 0 fully saturated rings. The molecule has 0 amide bonds. The van der Waals surface area contributed by atoms with Crippen LogP contribution in [0.1, 0.15) is 29.1 Å². The number of fused-ring (bicyclic) bond motifs is 1. The molecule has 2 aromatic heterocycles. The first kappa shape index (κ1) is 25.3. The van der Waals surface area contributed by atoms with Gasteiger partial charge in [0, 0.05) is 26.2 Å². The third-order valence-electron chi connectivity index (χ3n) is 5.15. The van der Waals surface area contributed by atoms with E-state index in [2.05, 4.69) is 26.6 Å². The summed E-state index contributed by atoms with van der Waals surface area (Å²) in [6.45, 7) is 4.83. The minimum atomic E-state index is -5.08. The van der Waals surface area contributed by atoms with E-state index in [-0.39, 0.29) is 0 Å². The number of alkyl halides is 3. The average molecular weight is 481 g/mol. The van der Waals surface area contributed by atoms with Crippen LogP contribution in [-0.4, -0.2) is 45.4 Å². The van der Waals surface area contributed by atoms with Crippen LogP contribution in [0.15, 0.2) is 53.4 Å². The molecule has 34 heavy (non-hydrogen) atoms. The van der Waals surface area contributed by atoms with Gasteiger partial charge in [0.05, 0.1) is 37.7 Å². The number of halogens is 3. The van der Waals surface area contributed by atoms with Gasteiger partial charge in [0.15, 0.2) is 0 Å². The topological polar surface area (TPSA) is 90.0 Å². The van der Waals surface area contributed by atoms with Crippen LogP contribution in [0.5, 0.6) is 5.75 Å². The number of aliphatic carboxylic acids is 1. The van der Waals surface area contributed by atoms with E-state index in [0.29, 0.717) is 13.2 Å². The highest BCUT2D eigenvalue weighted by atomic mass is 19.4. The van der Waals surface area contributed by atoms with Crippen LogP contribution < -0.4 is 4.74 Å². The van der Waals surface area contributed by atoms with Crippen molar-refractivity contribution < 1.29 is 37.0 Å². The van der Waals surface area contributed by atoms with Crippen LogP contribution in [0, 0.1) is 0 Å². The monoisotopic (exact) mass is 481 g/mol. The molecule has 1 aliphatic rings. The zero-order valence-corrected chi connectivity index (χ0v) is 18.6. The van der Waals surface area contributed by atoms with Crippen molar-refractivity contribution in [1.29, 1.82) is 0 Å². The number of benzene rings is 1. The number of methoxy groups -OCH3 is 1. The third kappa shape index (κ3) is 7.35. The molecule has 1 N–H and O–H groups in total. The molecule has 3 aromatic rings. The normalized spacial score (nSPS) is 14.0. The smallest absolute Gasteiger partial charge is 0.490 e. The van der Waals surface area contributed by atoms with Crippen molar-refractivity contribution in [2.45, 2.75) is 45.4 Å². The lowest BCUT2D eigenvalue weighted by Crippen LogP contribution is -2.23. The number of rotatable bonds is 7. The van der Waals surface area contributed by atoms with Gasteiger partial charge in [-0.1, -0.05) is 12.1 Å². The quantitative estimate of drug-likeness (QED) is 0.540. The number of nitrogens with zero attached hydrogens (tertiary/aromatic N) is 3. The van der Waals surface area contributed by atoms with Crippen molar-refractivity contribution in [1.82, 2.24) is 14.5 Å². The van der Waals surface area contributed by atoms with Gasteiger partial charge in [-0.3, -0.25) is 4.90 Å². The highest BCUT2D eigenvalue weighted by Gasteiger charge is 2.38. The van der Waals surface area contributed by atoms with Gasteiger partial charge in [-0.05, 0) is 36.2 Å². The Bertz CT molecular complexity index is 1030. The molecule has 0 saturated carbocycles. The number of aryl methyl sites for hydroxylation is 1. The Morgan fingerprint density at radius 1 is 1.18 bits per heavy atom. The molecule has 3 heterocycles. The molecule has 1 aliphatic heterocycles. The van der Waals surface area contributed by atoms with Gasteiger partial charge in [-0.2, -0.15) is 13.2 Å². The highest BCUT2D eigenvalue weighted by Crippen LogP contribution is 2.20. The highest BCUT2D eigenvalue weighted by molar-refractivity contribution is 5.73. The first-order valence-electron chi connectivity index (χ1n) is 10.5. The lowest BCUT2D eigenvalue weighted by atomic mass is 10.2. The molecule has 11 heteroatoms. The number of hydrogen-bond donors (Lipinski definition) is 1. The standard InChI is InChI=1S/C21H25N3O3.C2HF3O2/c1-25-18-7-5-17(6-8-18)12-23-9-3-10-24-16-22-20(21(24)13-23)15-26-14-19-4-2-11-27-19;3-2(4,5)1(6)7/h2,4-8,11,16H,3,9-10,12-15H2,1H3;(H,6,7). The third-order valence-corrected chi connectivity index (χ3v) is 5.15. The fourth-order valence-electron chi connectivity index (χ4n) is 3.47. The van der Waals surface area contributed by atoms with Gasteiger partial charge in [-0.25, -0.2) is 9.78 Å². The summed E-state index contributed by atoms with van der Waals surface area (Å²) >= 11 is 0. The molecule has 0 bridgehead atoms. The summed E-state index contributed by atoms with van der Waals surface area (Å²) in [5.74, 6) is -1.03. The van der Waals surface area contributed by atoms with E-state index in [0.717, 1.165) is 49.8 Å². The Hall–Kier alpha value is -3.31. The van der Waals surface area contributed by atoms with Crippen molar-refractivity contribution in [2.24, 2.45) is 0 Å². The van der Waals surface area contributed by atoms with Crippen molar-refractivity contribution in [2.75, 3.05) is 13.7 Å². The van der Waals surface area contributed by atoms with Crippen molar-refractivity contribution >= 4 is 5.97 Å². The van der Waals surface area contributed by atoms with E-state index in [9.17, 15) is 13.2 Å². The van der Waals surface area contributed by atoms with E-state index in [1.54, 1.807) is 13.4 Å². The number of carboxylic acids is 1. The number of carboxylic acid groups (broad SMARTS) is 1. The van der Waals surface area contributed by atoms with E-state index < -0.39 is 12.1 Å². The molecular formula is C23H26F3N3O5. The first-order valence-corrected chi connectivity index (χ1v) is 10.5. The number of ether oxygens (including phenoxy) is 2. The first-order chi connectivity index (χ1) is 16.3. The predicted molar refractivity (Wildman–Crippen MR) is 115 cm³/mol. The zero-order valence-electron chi connectivity index (χ0n) is 18.6. The summed E-state index contributed by atoms with van der Waals surface area (Å²) in [6.07, 6.45) is -0.359. The molecule has 8 nitrogen and oxygen atoms in total. The van der Waals surface area contributed by atoms with Crippen LogP contribution >= 0.6 is 0 Å². The van der Waals surface area contributed by atoms with Gasteiger partial charge in [0.25, 0.3) is 0 Å². The Morgan fingerprint density at radius 3 is 2.53 bits per heavy atom. The second-order valence-corrected chi connectivity index (χ2v) is 7.62. The van der Waals surface area contributed by atoms with E-state index in [4.69, 9.17) is 23.8 Å². The minimum absolute atomic E-state index is 0.467. The molecular weight excluding hydrogens is 455 g/mol. The summed E-state index contributed by atoms with van der Waals surface area (Å²) in [5.41, 5.74) is 3.56. The van der Waals surface area contributed by atoms with Gasteiger partial charge in [-0.15, -0.1) is 0 Å². The lowest BCUT2D eigenvalue weighted by Gasteiger charge is -2.20. The van der Waals surface area contributed by atoms with E-state index in [1.807, 2.05) is 30.6 Å². The number of imidazole rings is 1. The SMILES string of the molecule is COc1ccc(CN2CCCn3cnc(COCc4ccco4)c3C2)cc1.O=C(O)C(F)(F)F. The Kier molecular flexibility index (Phi) is 8.72. The van der Waals surface area contributed by atoms with Gasteiger partial charge in [0.2, 0.25) is 0 Å². The van der Waals surface area contributed by atoms with Crippen molar-refractivity contribution in [3.63, 3.8) is 0 Å². The Morgan fingerprint density at radius 2 is 1.91 bits per heavy atom. The number of aromatic nitrogens is 2. The van der Waals surface area contributed by atoms with E-state index in [1.165, 1.54) is 11.3 Å². The number of furan rings is 1. The van der Waals surface area contributed by atoms with Gasteiger partial charge in [0.1, 0.15) is 18.1 Å². The molecule has 0 atom stereocenters. The lowest BCUT2D eigenvalue weighted by molar-refractivity contribution is -0.192. The molecule has 184 valence electrons. The summed E-state index contributed by atoms with van der Waals surface area (Å²) in [7, 11) is 1.69. The molecule has 1 aromatic carbocycles. The number of carbonyl (C=O) groups is 1.